The fourth-order valence-electron chi connectivity index (χ4n) is 2.44. The van der Waals surface area contributed by atoms with Crippen LogP contribution in [0.5, 0.6) is 5.75 Å². The van der Waals surface area contributed by atoms with Gasteiger partial charge in [0, 0.05) is 24.1 Å². The monoisotopic (exact) mass is 358 g/mol. The summed E-state index contributed by atoms with van der Waals surface area (Å²) in [5, 5.41) is 12.0. The van der Waals surface area contributed by atoms with Gasteiger partial charge in [-0.25, -0.2) is 14.3 Å². The minimum atomic E-state index is -0.554. The number of carbonyl (C=O) groups excluding carboxylic acids is 1. The van der Waals surface area contributed by atoms with Crippen molar-refractivity contribution >= 4 is 16.9 Å². The molecule has 0 saturated carbocycles. The smallest absolute Gasteiger partial charge is 0.344 e. The van der Waals surface area contributed by atoms with Crippen LogP contribution in [0.3, 0.4) is 0 Å². The summed E-state index contributed by atoms with van der Waals surface area (Å²) in [5.74, 6) is 0.323. The Labute approximate surface area is 148 Å². The van der Waals surface area contributed by atoms with Crippen LogP contribution in [0.2, 0.25) is 0 Å². The lowest BCUT2D eigenvalue weighted by atomic mass is 10.1. The summed E-state index contributed by atoms with van der Waals surface area (Å²) in [6, 6.07) is 6.46. The van der Waals surface area contributed by atoms with Crippen molar-refractivity contribution in [2.75, 3.05) is 6.61 Å². The molecule has 1 aromatic carbocycles. The predicted molar refractivity (Wildman–Crippen MR) is 90.6 cm³/mol. The lowest BCUT2D eigenvalue weighted by molar-refractivity contribution is -0.147. The molecule has 0 unspecified atom stereocenters. The van der Waals surface area contributed by atoms with E-state index in [1.165, 1.54) is 6.07 Å². The van der Waals surface area contributed by atoms with Crippen LogP contribution < -0.4 is 10.4 Å². The molecule has 9 nitrogen and oxygen atoms in total. The van der Waals surface area contributed by atoms with Gasteiger partial charge in [0.15, 0.2) is 19.0 Å². The number of tetrazole rings is 1. The van der Waals surface area contributed by atoms with E-state index in [4.69, 9.17) is 13.9 Å². The molecule has 3 rings (SSSR count). The van der Waals surface area contributed by atoms with Crippen LogP contribution in [-0.2, 0) is 22.7 Å². The lowest BCUT2D eigenvalue weighted by Crippen LogP contribution is -2.16. The van der Waals surface area contributed by atoms with Crippen molar-refractivity contribution in [1.82, 2.24) is 20.2 Å². The third-order valence-corrected chi connectivity index (χ3v) is 3.68. The van der Waals surface area contributed by atoms with Crippen molar-refractivity contribution in [3.05, 3.63) is 46.1 Å². The largest absolute Gasteiger partial charge is 0.482 e. The molecule has 0 amide bonds. The number of nitrogens with zero attached hydrogens (tertiary/aromatic N) is 4. The van der Waals surface area contributed by atoms with E-state index in [0.717, 1.165) is 17.4 Å². The van der Waals surface area contributed by atoms with Gasteiger partial charge >= 0.3 is 11.6 Å². The van der Waals surface area contributed by atoms with E-state index in [-0.39, 0.29) is 13.2 Å². The molecule has 9 heteroatoms. The Morgan fingerprint density at radius 2 is 2.15 bits per heavy atom. The third kappa shape index (κ3) is 4.05. The van der Waals surface area contributed by atoms with Gasteiger partial charge in [-0.15, -0.1) is 5.10 Å². The van der Waals surface area contributed by atoms with E-state index in [9.17, 15) is 9.59 Å². The van der Waals surface area contributed by atoms with Gasteiger partial charge in [0.25, 0.3) is 0 Å². The number of aryl methyl sites for hydroxylation is 2. The number of rotatable bonds is 7. The SMILES string of the molecule is CCCn1nnnc1COC(=O)COc1ccc2c(C)cc(=O)oc2c1. The Morgan fingerprint density at radius 1 is 1.31 bits per heavy atom. The summed E-state index contributed by atoms with van der Waals surface area (Å²) >= 11 is 0. The van der Waals surface area contributed by atoms with Gasteiger partial charge in [-0.2, -0.15) is 0 Å². The number of aromatic nitrogens is 4. The molecule has 2 aromatic heterocycles. The van der Waals surface area contributed by atoms with Crippen LogP contribution in [0.4, 0.5) is 0 Å². The van der Waals surface area contributed by atoms with Crippen molar-refractivity contribution in [2.45, 2.75) is 33.4 Å². The number of ether oxygens (including phenoxy) is 2. The van der Waals surface area contributed by atoms with Gasteiger partial charge < -0.3 is 13.9 Å². The first-order valence-corrected chi connectivity index (χ1v) is 8.15. The zero-order valence-corrected chi connectivity index (χ0v) is 14.5. The van der Waals surface area contributed by atoms with Gasteiger partial charge in [0.2, 0.25) is 0 Å². The molecular weight excluding hydrogens is 340 g/mol. The molecule has 0 atom stereocenters. The van der Waals surface area contributed by atoms with Gasteiger partial charge in [-0.1, -0.05) is 6.92 Å². The molecule has 3 aromatic rings. The molecule has 0 aliphatic rings. The average molecular weight is 358 g/mol. The van der Waals surface area contributed by atoms with Crippen molar-refractivity contribution in [3.8, 4) is 5.75 Å². The molecule has 0 aliphatic heterocycles. The van der Waals surface area contributed by atoms with E-state index in [2.05, 4.69) is 15.5 Å². The molecule has 0 saturated heterocycles. The number of esters is 1. The highest BCUT2D eigenvalue weighted by atomic mass is 16.6. The molecule has 0 bridgehead atoms. The second-order valence-corrected chi connectivity index (χ2v) is 5.67. The number of fused-ring (bicyclic) bond motifs is 1. The Balaban J connectivity index is 1.58. The van der Waals surface area contributed by atoms with Crippen molar-refractivity contribution in [2.24, 2.45) is 0 Å². The van der Waals surface area contributed by atoms with Crippen molar-refractivity contribution in [3.63, 3.8) is 0 Å². The Kier molecular flexibility index (Phi) is 5.26. The molecule has 0 aliphatic carbocycles. The molecule has 26 heavy (non-hydrogen) atoms. The Morgan fingerprint density at radius 3 is 2.96 bits per heavy atom. The fraction of sp³-hybridized carbons (Fsp3) is 0.353. The third-order valence-electron chi connectivity index (χ3n) is 3.68. The predicted octanol–water partition coefficient (Wildman–Crippen LogP) is 1.62. The minimum absolute atomic E-state index is 0.0268. The van der Waals surface area contributed by atoms with Crippen molar-refractivity contribution in [1.29, 1.82) is 0 Å². The number of carbonyl (C=O) groups is 1. The van der Waals surface area contributed by atoms with Crippen LogP contribution in [0.1, 0.15) is 24.7 Å². The molecular formula is C17H18N4O5. The second kappa shape index (κ2) is 7.77. The van der Waals surface area contributed by atoms with E-state index in [1.54, 1.807) is 22.9 Å². The summed E-state index contributed by atoms with van der Waals surface area (Å²) in [6.07, 6.45) is 0.868. The highest BCUT2D eigenvalue weighted by Gasteiger charge is 2.11. The molecule has 0 fully saturated rings. The molecule has 2 heterocycles. The highest BCUT2D eigenvalue weighted by Crippen LogP contribution is 2.22. The molecule has 0 spiro atoms. The fourth-order valence-corrected chi connectivity index (χ4v) is 2.44. The summed E-state index contributed by atoms with van der Waals surface area (Å²) < 4.78 is 17.3. The standard InChI is InChI=1S/C17H18N4O5/c1-3-6-21-15(18-19-20-21)9-25-17(23)10-24-12-4-5-13-11(2)7-16(22)26-14(13)8-12/h4-5,7-8H,3,6,9-10H2,1-2H3. The quantitative estimate of drug-likeness (QED) is 0.463. The molecule has 0 radical (unpaired) electrons. The van der Waals surface area contributed by atoms with Gasteiger partial charge in [0.1, 0.15) is 11.3 Å². The van der Waals surface area contributed by atoms with Crippen LogP contribution >= 0.6 is 0 Å². The maximum Gasteiger partial charge on any atom is 0.344 e. The van der Waals surface area contributed by atoms with E-state index < -0.39 is 11.6 Å². The van der Waals surface area contributed by atoms with Crippen LogP contribution in [0, 0.1) is 6.92 Å². The summed E-state index contributed by atoms with van der Waals surface area (Å²) in [7, 11) is 0. The van der Waals surface area contributed by atoms with Crippen LogP contribution in [0.15, 0.2) is 33.5 Å². The second-order valence-electron chi connectivity index (χ2n) is 5.67. The maximum atomic E-state index is 11.9. The summed E-state index contributed by atoms with van der Waals surface area (Å²) in [5.41, 5.74) is 0.781. The number of hydrogen-bond acceptors (Lipinski definition) is 8. The first-order chi connectivity index (χ1) is 12.6. The first kappa shape index (κ1) is 17.6. The van der Waals surface area contributed by atoms with Gasteiger partial charge in [0.05, 0.1) is 0 Å². The van der Waals surface area contributed by atoms with E-state index >= 15 is 0 Å². The molecule has 0 N–H and O–H groups in total. The normalized spacial score (nSPS) is 10.8. The highest BCUT2D eigenvalue weighted by molar-refractivity contribution is 5.81. The zero-order chi connectivity index (χ0) is 18.5. The molecule has 136 valence electrons. The number of hydrogen-bond donors (Lipinski definition) is 0. The summed E-state index contributed by atoms with van der Waals surface area (Å²) in [6.45, 7) is 4.16. The van der Waals surface area contributed by atoms with Gasteiger partial charge in [-0.3, -0.25) is 0 Å². The first-order valence-electron chi connectivity index (χ1n) is 8.15. The van der Waals surface area contributed by atoms with E-state index in [1.807, 2.05) is 13.8 Å². The topological polar surface area (TPSA) is 109 Å². The van der Waals surface area contributed by atoms with Crippen molar-refractivity contribution < 1.29 is 18.7 Å². The minimum Gasteiger partial charge on any atom is -0.482 e. The van der Waals surface area contributed by atoms with Crippen LogP contribution in [0.25, 0.3) is 11.0 Å². The Bertz CT molecular complexity index is 979. The van der Waals surface area contributed by atoms with E-state index in [0.29, 0.717) is 23.7 Å². The number of benzene rings is 1. The average Bonchev–Trinajstić information content (AvgIpc) is 3.05. The van der Waals surface area contributed by atoms with Gasteiger partial charge in [-0.05, 0) is 41.5 Å². The van der Waals surface area contributed by atoms with Crippen LogP contribution in [-0.4, -0.2) is 32.8 Å². The lowest BCUT2D eigenvalue weighted by Gasteiger charge is -2.08. The zero-order valence-electron chi connectivity index (χ0n) is 14.5. The summed E-state index contributed by atoms with van der Waals surface area (Å²) in [4.78, 5) is 23.3. The maximum absolute atomic E-state index is 11.9. The Hall–Kier alpha value is -3.23.